The first-order valence-corrected chi connectivity index (χ1v) is 8.47. The van der Waals surface area contributed by atoms with Crippen LogP contribution in [0.2, 0.25) is 0 Å². The Bertz CT molecular complexity index is 503. The quantitative estimate of drug-likeness (QED) is 0.905. The molecule has 1 amide bonds. The van der Waals surface area contributed by atoms with Gasteiger partial charge in [0.1, 0.15) is 5.82 Å². The van der Waals surface area contributed by atoms with Crippen LogP contribution in [0, 0.1) is 11.7 Å². The van der Waals surface area contributed by atoms with Gasteiger partial charge >= 0.3 is 0 Å². The highest BCUT2D eigenvalue weighted by molar-refractivity contribution is 5.76. The summed E-state index contributed by atoms with van der Waals surface area (Å²) in [5.41, 5.74) is 6.63. The Hall–Kier alpha value is -1.46. The van der Waals surface area contributed by atoms with Crippen LogP contribution in [0.3, 0.4) is 0 Å². The van der Waals surface area contributed by atoms with Crippen molar-refractivity contribution in [2.24, 2.45) is 11.7 Å². The SMILES string of the molecule is CC(C)C1CN(C(=O)CCN)CCCN1Cc1ccc(F)cc1. The fourth-order valence-corrected chi connectivity index (χ4v) is 3.22. The van der Waals surface area contributed by atoms with Gasteiger partial charge in [0, 0.05) is 45.2 Å². The zero-order valence-electron chi connectivity index (χ0n) is 14.2. The summed E-state index contributed by atoms with van der Waals surface area (Å²) in [6.45, 7) is 8.08. The molecule has 1 aliphatic heterocycles. The van der Waals surface area contributed by atoms with Crippen molar-refractivity contribution in [3.05, 3.63) is 35.6 Å². The van der Waals surface area contributed by atoms with Crippen molar-refractivity contribution in [2.45, 2.75) is 39.3 Å². The first-order valence-electron chi connectivity index (χ1n) is 8.47. The summed E-state index contributed by atoms with van der Waals surface area (Å²) < 4.78 is 13.1. The van der Waals surface area contributed by atoms with E-state index in [1.54, 1.807) is 0 Å². The Kier molecular flexibility index (Phi) is 6.54. The summed E-state index contributed by atoms with van der Waals surface area (Å²) >= 11 is 0. The molecule has 4 nitrogen and oxygen atoms in total. The summed E-state index contributed by atoms with van der Waals surface area (Å²) in [5.74, 6) is 0.395. The van der Waals surface area contributed by atoms with Crippen molar-refractivity contribution in [1.29, 1.82) is 0 Å². The maximum absolute atomic E-state index is 13.1. The number of hydrogen-bond acceptors (Lipinski definition) is 3. The molecule has 2 N–H and O–H groups in total. The Balaban J connectivity index is 2.09. The van der Waals surface area contributed by atoms with Gasteiger partial charge in [0.25, 0.3) is 0 Å². The normalized spacial score (nSPS) is 19.9. The van der Waals surface area contributed by atoms with Crippen LogP contribution in [0.1, 0.15) is 32.3 Å². The lowest BCUT2D eigenvalue weighted by molar-refractivity contribution is -0.131. The van der Waals surface area contributed by atoms with E-state index in [2.05, 4.69) is 18.7 Å². The van der Waals surface area contributed by atoms with E-state index in [9.17, 15) is 9.18 Å². The summed E-state index contributed by atoms with van der Waals surface area (Å²) in [4.78, 5) is 16.6. The standard InChI is InChI=1S/C18H28FN3O/c1-14(2)17-13-22(18(23)8-9-20)11-3-10-21(17)12-15-4-6-16(19)7-5-15/h4-7,14,17H,3,8-13,20H2,1-2H3. The molecule has 2 rings (SSSR count). The van der Waals surface area contributed by atoms with Crippen LogP contribution in [-0.2, 0) is 11.3 Å². The fourth-order valence-electron chi connectivity index (χ4n) is 3.22. The number of nitrogens with zero attached hydrogens (tertiary/aromatic N) is 2. The minimum atomic E-state index is -0.205. The number of hydrogen-bond donors (Lipinski definition) is 1. The minimum Gasteiger partial charge on any atom is -0.341 e. The van der Waals surface area contributed by atoms with Crippen LogP contribution in [0.5, 0.6) is 0 Å². The molecule has 0 saturated carbocycles. The van der Waals surface area contributed by atoms with E-state index in [0.717, 1.165) is 38.2 Å². The van der Waals surface area contributed by atoms with Crippen LogP contribution >= 0.6 is 0 Å². The zero-order valence-corrected chi connectivity index (χ0v) is 14.2. The third-order valence-electron chi connectivity index (χ3n) is 4.53. The predicted molar refractivity (Wildman–Crippen MR) is 90.3 cm³/mol. The average molecular weight is 321 g/mol. The van der Waals surface area contributed by atoms with Crippen LogP contribution < -0.4 is 5.73 Å². The van der Waals surface area contributed by atoms with Gasteiger partial charge in [-0.3, -0.25) is 9.69 Å². The highest BCUT2D eigenvalue weighted by Crippen LogP contribution is 2.20. The van der Waals surface area contributed by atoms with Crippen molar-refractivity contribution < 1.29 is 9.18 Å². The molecule has 0 aromatic heterocycles. The Morgan fingerprint density at radius 3 is 2.61 bits per heavy atom. The maximum atomic E-state index is 13.1. The van der Waals surface area contributed by atoms with Gasteiger partial charge in [-0.2, -0.15) is 0 Å². The monoisotopic (exact) mass is 321 g/mol. The molecule has 1 aromatic rings. The smallest absolute Gasteiger partial charge is 0.223 e. The van der Waals surface area contributed by atoms with E-state index >= 15 is 0 Å². The van der Waals surface area contributed by atoms with Gasteiger partial charge in [-0.25, -0.2) is 4.39 Å². The highest BCUT2D eigenvalue weighted by Gasteiger charge is 2.29. The maximum Gasteiger partial charge on any atom is 0.223 e. The molecule has 1 fully saturated rings. The van der Waals surface area contributed by atoms with Gasteiger partial charge in [-0.15, -0.1) is 0 Å². The summed E-state index contributed by atoms with van der Waals surface area (Å²) in [6, 6.07) is 7.01. The molecule has 23 heavy (non-hydrogen) atoms. The van der Waals surface area contributed by atoms with Gasteiger partial charge in [-0.1, -0.05) is 26.0 Å². The number of carbonyl (C=O) groups is 1. The topological polar surface area (TPSA) is 49.6 Å². The van der Waals surface area contributed by atoms with Crippen molar-refractivity contribution in [1.82, 2.24) is 9.80 Å². The molecule has 1 unspecified atom stereocenters. The van der Waals surface area contributed by atoms with E-state index in [1.807, 2.05) is 17.0 Å². The number of amides is 1. The number of benzene rings is 1. The van der Waals surface area contributed by atoms with E-state index in [-0.39, 0.29) is 11.7 Å². The molecular weight excluding hydrogens is 293 g/mol. The lowest BCUT2D eigenvalue weighted by atomic mass is 10.0. The third kappa shape index (κ3) is 5.01. The zero-order chi connectivity index (χ0) is 16.8. The van der Waals surface area contributed by atoms with Gasteiger partial charge in [0.15, 0.2) is 0 Å². The summed E-state index contributed by atoms with van der Waals surface area (Å²) in [5, 5.41) is 0. The Morgan fingerprint density at radius 2 is 2.00 bits per heavy atom. The molecule has 1 saturated heterocycles. The van der Waals surface area contributed by atoms with E-state index in [0.29, 0.717) is 24.9 Å². The van der Waals surface area contributed by atoms with Crippen molar-refractivity contribution in [3.8, 4) is 0 Å². The lowest BCUT2D eigenvalue weighted by Crippen LogP contribution is -2.45. The molecule has 0 spiro atoms. The largest absolute Gasteiger partial charge is 0.341 e. The molecule has 128 valence electrons. The lowest BCUT2D eigenvalue weighted by Gasteiger charge is -2.34. The molecule has 5 heteroatoms. The fraction of sp³-hybridized carbons (Fsp3) is 0.611. The van der Waals surface area contributed by atoms with Crippen LogP contribution in [0.4, 0.5) is 4.39 Å². The average Bonchev–Trinajstić information content (AvgIpc) is 2.72. The van der Waals surface area contributed by atoms with Crippen molar-refractivity contribution in [2.75, 3.05) is 26.2 Å². The highest BCUT2D eigenvalue weighted by atomic mass is 19.1. The van der Waals surface area contributed by atoms with Gasteiger partial charge in [-0.05, 0) is 30.0 Å². The minimum absolute atomic E-state index is 0.154. The molecular formula is C18H28FN3O. The number of nitrogens with two attached hydrogens (primary N) is 1. The van der Waals surface area contributed by atoms with Gasteiger partial charge < -0.3 is 10.6 Å². The Labute approximate surface area is 138 Å². The van der Waals surface area contributed by atoms with E-state index < -0.39 is 0 Å². The first-order chi connectivity index (χ1) is 11.0. The first kappa shape index (κ1) is 17.9. The second-order valence-electron chi connectivity index (χ2n) is 6.64. The second-order valence-corrected chi connectivity index (χ2v) is 6.64. The Morgan fingerprint density at radius 1 is 1.30 bits per heavy atom. The van der Waals surface area contributed by atoms with Crippen LogP contribution in [0.15, 0.2) is 24.3 Å². The number of rotatable bonds is 5. The molecule has 1 aliphatic rings. The number of halogens is 1. The molecule has 0 radical (unpaired) electrons. The van der Waals surface area contributed by atoms with Gasteiger partial charge in [0.2, 0.25) is 5.91 Å². The summed E-state index contributed by atoms with van der Waals surface area (Å²) in [7, 11) is 0. The molecule has 1 heterocycles. The third-order valence-corrected chi connectivity index (χ3v) is 4.53. The molecule has 0 bridgehead atoms. The van der Waals surface area contributed by atoms with Gasteiger partial charge in [0.05, 0.1) is 0 Å². The van der Waals surface area contributed by atoms with Crippen LogP contribution in [-0.4, -0.2) is 47.9 Å². The van der Waals surface area contributed by atoms with E-state index in [1.165, 1.54) is 12.1 Å². The predicted octanol–water partition coefficient (Wildman–Crippen LogP) is 2.23. The van der Waals surface area contributed by atoms with Crippen LogP contribution in [0.25, 0.3) is 0 Å². The second kappa shape index (κ2) is 8.41. The van der Waals surface area contributed by atoms with Crippen molar-refractivity contribution >= 4 is 5.91 Å². The number of carbonyl (C=O) groups excluding carboxylic acids is 1. The molecule has 1 aromatic carbocycles. The molecule has 0 aliphatic carbocycles. The summed E-state index contributed by atoms with van der Waals surface area (Å²) in [6.07, 6.45) is 1.38. The van der Waals surface area contributed by atoms with E-state index in [4.69, 9.17) is 5.73 Å². The van der Waals surface area contributed by atoms with Crippen molar-refractivity contribution in [3.63, 3.8) is 0 Å². The molecule has 1 atom stereocenters.